The zero-order chi connectivity index (χ0) is 14.7. The molecule has 0 aromatic carbocycles. The van der Waals surface area contributed by atoms with E-state index in [9.17, 15) is 4.79 Å². The first-order chi connectivity index (χ1) is 8.67. The summed E-state index contributed by atoms with van der Waals surface area (Å²) in [6, 6.07) is 0. The van der Waals surface area contributed by atoms with Crippen molar-refractivity contribution in [2.24, 2.45) is 16.7 Å². The summed E-state index contributed by atoms with van der Waals surface area (Å²) in [6.07, 6.45) is 6.85. The van der Waals surface area contributed by atoms with Crippen LogP contribution in [0.25, 0.3) is 0 Å². The summed E-state index contributed by atoms with van der Waals surface area (Å²) >= 11 is 0. The lowest BCUT2D eigenvalue weighted by Crippen LogP contribution is -2.44. The van der Waals surface area contributed by atoms with E-state index < -0.39 is 5.41 Å². The van der Waals surface area contributed by atoms with Gasteiger partial charge in [0.2, 0.25) is 0 Å². The second-order valence-corrected chi connectivity index (χ2v) is 7.85. The van der Waals surface area contributed by atoms with E-state index in [-0.39, 0.29) is 17.5 Å². The number of ether oxygens (including phenoxy) is 1. The van der Waals surface area contributed by atoms with Crippen molar-refractivity contribution in [3.63, 3.8) is 0 Å². The molecule has 1 rings (SSSR count). The van der Waals surface area contributed by atoms with Crippen LogP contribution in [0.2, 0.25) is 0 Å². The molecule has 0 heterocycles. The van der Waals surface area contributed by atoms with Gasteiger partial charge in [-0.2, -0.15) is 0 Å². The van der Waals surface area contributed by atoms with Crippen LogP contribution < -0.4 is 0 Å². The molecule has 19 heavy (non-hydrogen) atoms. The topological polar surface area (TPSA) is 26.3 Å². The van der Waals surface area contributed by atoms with Crippen LogP contribution in [0.1, 0.15) is 80.1 Å². The molecule has 0 aliphatic heterocycles. The molecule has 0 bridgehead atoms. The summed E-state index contributed by atoms with van der Waals surface area (Å²) < 4.78 is 5.84. The summed E-state index contributed by atoms with van der Waals surface area (Å²) in [5, 5.41) is 0. The van der Waals surface area contributed by atoms with Gasteiger partial charge in [-0.1, -0.05) is 41.0 Å². The molecule has 2 nitrogen and oxygen atoms in total. The summed E-state index contributed by atoms with van der Waals surface area (Å²) in [5.74, 6) is 0.517. The van der Waals surface area contributed by atoms with Crippen molar-refractivity contribution in [1.82, 2.24) is 0 Å². The number of carbonyl (C=O) groups is 1. The lowest BCUT2D eigenvalue weighted by molar-refractivity contribution is -0.170. The van der Waals surface area contributed by atoms with Crippen LogP contribution in [-0.4, -0.2) is 12.1 Å². The van der Waals surface area contributed by atoms with Crippen molar-refractivity contribution < 1.29 is 9.53 Å². The van der Waals surface area contributed by atoms with Crippen molar-refractivity contribution in [2.45, 2.75) is 86.2 Å². The highest BCUT2D eigenvalue weighted by molar-refractivity contribution is 5.77. The first-order valence-corrected chi connectivity index (χ1v) is 7.88. The standard InChI is InChI=1S/C17H32O2/c1-13(2)12-17(6,16(3,4)5)15(18)19-14-10-8-7-9-11-14/h13-14H,7-12H2,1-6H3. The zero-order valence-electron chi connectivity index (χ0n) is 13.7. The lowest BCUT2D eigenvalue weighted by Gasteiger charge is -2.42. The fourth-order valence-electron chi connectivity index (χ4n) is 2.98. The third-order valence-electron chi connectivity index (χ3n) is 4.75. The van der Waals surface area contributed by atoms with Gasteiger partial charge in [0, 0.05) is 0 Å². The number of rotatable bonds is 4. The van der Waals surface area contributed by atoms with E-state index in [1.165, 1.54) is 19.3 Å². The number of esters is 1. The van der Waals surface area contributed by atoms with Crippen molar-refractivity contribution >= 4 is 5.97 Å². The lowest BCUT2D eigenvalue weighted by atomic mass is 9.64. The Morgan fingerprint density at radius 2 is 1.63 bits per heavy atom. The molecule has 1 aliphatic carbocycles. The minimum atomic E-state index is -0.390. The third-order valence-corrected chi connectivity index (χ3v) is 4.75. The maximum Gasteiger partial charge on any atom is 0.312 e. The van der Waals surface area contributed by atoms with E-state index >= 15 is 0 Å². The van der Waals surface area contributed by atoms with Crippen LogP contribution >= 0.6 is 0 Å². The Hall–Kier alpha value is -0.530. The quantitative estimate of drug-likeness (QED) is 0.673. The minimum Gasteiger partial charge on any atom is -0.462 e. The summed E-state index contributed by atoms with van der Waals surface area (Å²) in [5.41, 5.74) is -0.457. The molecular weight excluding hydrogens is 236 g/mol. The average molecular weight is 268 g/mol. The zero-order valence-corrected chi connectivity index (χ0v) is 13.7. The molecule has 0 spiro atoms. The molecule has 0 saturated heterocycles. The highest BCUT2D eigenvalue weighted by Crippen LogP contribution is 2.45. The Bertz CT molecular complexity index is 295. The smallest absolute Gasteiger partial charge is 0.312 e. The van der Waals surface area contributed by atoms with E-state index in [1.807, 2.05) is 0 Å². The van der Waals surface area contributed by atoms with Crippen molar-refractivity contribution in [3.05, 3.63) is 0 Å². The van der Waals surface area contributed by atoms with Gasteiger partial charge in [-0.25, -0.2) is 0 Å². The third kappa shape index (κ3) is 4.22. The summed E-state index contributed by atoms with van der Waals surface area (Å²) in [4.78, 5) is 12.7. The van der Waals surface area contributed by atoms with Crippen LogP contribution in [0.15, 0.2) is 0 Å². The van der Waals surface area contributed by atoms with Gasteiger partial charge in [0.1, 0.15) is 6.10 Å². The minimum absolute atomic E-state index is 0.0144. The maximum atomic E-state index is 12.7. The Labute approximate surface area is 119 Å². The summed E-state index contributed by atoms with van der Waals surface area (Å²) in [7, 11) is 0. The predicted octanol–water partition coefficient (Wildman–Crippen LogP) is 4.96. The Morgan fingerprint density at radius 3 is 2.05 bits per heavy atom. The molecule has 112 valence electrons. The largest absolute Gasteiger partial charge is 0.462 e. The van der Waals surface area contributed by atoms with E-state index in [1.54, 1.807) is 0 Å². The van der Waals surface area contributed by atoms with Crippen molar-refractivity contribution in [3.8, 4) is 0 Å². The highest BCUT2D eigenvalue weighted by Gasteiger charge is 2.46. The molecule has 2 heteroatoms. The number of carbonyl (C=O) groups excluding carboxylic acids is 1. The second kappa shape index (κ2) is 6.28. The first kappa shape index (κ1) is 16.5. The number of hydrogen-bond acceptors (Lipinski definition) is 2. The van der Waals surface area contributed by atoms with Gasteiger partial charge in [0.15, 0.2) is 0 Å². The Balaban J connectivity index is 2.76. The van der Waals surface area contributed by atoms with Gasteiger partial charge in [0.05, 0.1) is 5.41 Å². The Kier molecular flexibility index (Phi) is 5.46. The molecule has 0 radical (unpaired) electrons. The second-order valence-electron chi connectivity index (χ2n) is 7.85. The monoisotopic (exact) mass is 268 g/mol. The average Bonchev–Trinajstić information content (AvgIpc) is 2.27. The van der Waals surface area contributed by atoms with E-state index in [0.29, 0.717) is 5.92 Å². The van der Waals surface area contributed by atoms with Crippen LogP contribution in [0.4, 0.5) is 0 Å². The fraction of sp³-hybridized carbons (Fsp3) is 0.941. The van der Waals surface area contributed by atoms with E-state index in [2.05, 4.69) is 41.5 Å². The molecule has 1 unspecified atom stereocenters. The van der Waals surface area contributed by atoms with Gasteiger partial charge in [-0.15, -0.1) is 0 Å². The SMILES string of the molecule is CC(C)CC(C)(C(=O)OC1CCCCC1)C(C)(C)C. The maximum absolute atomic E-state index is 12.7. The van der Waals surface area contributed by atoms with E-state index in [0.717, 1.165) is 19.3 Å². The van der Waals surface area contributed by atoms with Gasteiger partial charge in [-0.3, -0.25) is 4.79 Å². The van der Waals surface area contributed by atoms with Crippen molar-refractivity contribution in [2.75, 3.05) is 0 Å². The highest BCUT2D eigenvalue weighted by atomic mass is 16.5. The Morgan fingerprint density at radius 1 is 1.11 bits per heavy atom. The molecule has 1 atom stereocenters. The molecule has 0 N–H and O–H groups in total. The summed E-state index contributed by atoms with van der Waals surface area (Å²) in [6.45, 7) is 12.9. The molecule has 0 aromatic rings. The normalized spacial score (nSPS) is 21.2. The van der Waals surface area contributed by atoms with Gasteiger partial charge in [-0.05, 0) is 50.4 Å². The number of hydrogen-bond donors (Lipinski definition) is 0. The molecule has 1 fully saturated rings. The van der Waals surface area contributed by atoms with E-state index in [4.69, 9.17) is 4.74 Å². The van der Waals surface area contributed by atoms with Crippen LogP contribution in [0.3, 0.4) is 0 Å². The van der Waals surface area contributed by atoms with Gasteiger partial charge < -0.3 is 4.74 Å². The van der Waals surface area contributed by atoms with Crippen molar-refractivity contribution in [1.29, 1.82) is 0 Å². The fourth-order valence-corrected chi connectivity index (χ4v) is 2.98. The predicted molar refractivity (Wildman–Crippen MR) is 80.0 cm³/mol. The molecule has 1 aliphatic rings. The molecule has 1 saturated carbocycles. The van der Waals surface area contributed by atoms with Crippen LogP contribution in [0, 0.1) is 16.7 Å². The molecule has 0 amide bonds. The van der Waals surface area contributed by atoms with Gasteiger partial charge in [0.25, 0.3) is 0 Å². The van der Waals surface area contributed by atoms with Crippen LogP contribution in [0.5, 0.6) is 0 Å². The first-order valence-electron chi connectivity index (χ1n) is 7.88. The van der Waals surface area contributed by atoms with Crippen LogP contribution in [-0.2, 0) is 9.53 Å². The molecular formula is C17H32O2. The molecule has 0 aromatic heterocycles. The van der Waals surface area contributed by atoms with Gasteiger partial charge >= 0.3 is 5.97 Å².